The molecule has 0 bridgehead atoms. The first-order chi connectivity index (χ1) is 9.72. The van der Waals surface area contributed by atoms with E-state index in [1.165, 1.54) is 57.8 Å². The van der Waals surface area contributed by atoms with Crippen molar-refractivity contribution in [3.63, 3.8) is 0 Å². The smallest absolute Gasteiger partial charge is 0.306 e. The van der Waals surface area contributed by atoms with Gasteiger partial charge in [0.25, 0.3) is 0 Å². The van der Waals surface area contributed by atoms with Crippen LogP contribution >= 0.6 is 15.9 Å². The Bertz CT molecular complexity index is 219. The summed E-state index contributed by atoms with van der Waals surface area (Å²) < 4.78 is 0. The Morgan fingerprint density at radius 3 is 1.75 bits per heavy atom. The summed E-state index contributed by atoms with van der Waals surface area (Å²) in [4.78, 5) is 11.2. The van der Waals surface area contributed by atoms with Crippen LogP contribution in [0.4, 0.5) is 0 Å². The average molecular weight is 349 g/mol. The number of carbonyl (C=O) groups is 1. The van der Waals surface area contributed by atoms with Crippen molar-refractivity contribution in [2.45, 2.75) is 90.4 Å². The van der Waals surface area contributed by atoms with Crippen molar-refractivity contribution in [3.8, 4) is 0 Å². The van der Waals surface area contributed by atoms with Gasteiger partial charge in [-0.1, -0.05) is 87.1 Å². The highest BCUT2D eigenvalue weighted by atomic mass is 79.9. The molecule has 120 valence electrons. The molecule has 0 saturated heterocycles. The predicted molar refractivity (Wildman–Crippen MR) is 90.6 cm³/mol. The molecule has 0 radical (unpaired) electrons. The van der Waals surface area contributed by atoms with E-state index in [4.69, 9.17) is 0 Å². The van der Waals surface area contributed by atoms with Crippen molar-refractivity contribution < 1.29 is 9.90 Å². The van der Waals surface area contributed by atoms with Crippen molar-refractivity contribution in [3.05, 3.63) is 0 Å². The van der Waals surface area contributed by atoms with Crippen LogP contribution < -0.4 is 0 Å². The number of hydrogen-bond acceptors (Lipinski definition) is 1. The van der Waals surface area contributed by atoms with Crippen LogP contribution in [0.2, 0.25) is 0 Å². The molecule has 1 unspecified atom stereocenters. The zero-order valence-corrected chi connectivity index (χ0v) is 14.8. The van der Waals surface area contributed by atoms with Gasteiger partial charge in [0.2, 0.25) is 0 Å². The highest BCUT2D eigenvalue weighted by molar-refractivity contribution is 9.09. The standard InChI is InChI=1S/C17H33BrO2/c1-2-3-4-5-6-7-10-13-16(17(19)20)14-11-8-9-12-15-18/h16H,2-15H2,1H3,(H,19,20). The Kier molecular flexibility index (Phi) is 15.3. The first kappa shape index (κ1) is 19.9. The first-order valence-corrected chi connectivity index (χ1v) is 9.63. The minimum Gasteiger partial charge on any atom is -0.481 e. The van der Waals surface area contributed by atoms with Crippen LogP contribution in [-0.4, -0.2) is 16.4 Å². The predicted octanol–water partition coefficient (Wildman–Crippen LogP) is 6.17. The van der Waals surface area contributed by atoms with Gasteiger partial charge in [0.05, 0.1) is 5.92 Å². The van der Waals surface area contributed by atoms with Gasteiger partial charge in [0, 0.05) is 5.33 Å². The van der Waals surface area contributed by atoms with E-state index in [2.05, 4.69) is 22.9 Å². The van der Waals surface area contributed by atoms with Crippen LogP contribution in [0, 0.1) is 5.92 Å². The van der Waals surface area contributed by atoms with Crippen molar-refractivity contribution in [1.29, 1.82) is 0 Å². The lowest BCUT2D eigenvalue weighted by molar-refractivity contribution is -0.142. The van der Waals surface area contributed by atoms with E-state index in [1.54, 1.807) is 0 Å². The average Bonchev–Trinajstić information content (AvgIpc) is 2.43. The molecule has 1 N–H and O–H groups in total. The van der Waals surface area contributed by atoms with Gasteiger partial charge in [-0.05, 0) is 19.3 Å². The van der Waals surface area contributed by atoms with Crippen molar-refractivity contribution in [2.75, 3.05) is 5.33 Å². The van der Waals surface area contributed by atoms with E-state index in [0.29, 0.717) is 0 Å². The third-order valence-corrected chi connectivity index (χ3v) is 4.50. The fraction of sp³-hybridized carbons (Fsp3) is 0.941. The molecule has 0 spiro atoms. The maximum absolute atomic E-state index is 11.2. The summed E-state index contributed by atoms with van der Waals surface area (Å²) >= 11 is 3.42. The molecular weight excluding hydrogens is 316 g/mol. The summed E-state index contributed by atoms with van der Waals surface area (Å²) in [7, 11) is 0. The topological polar surface area (TPSA) is 37.3 Å². The number of carboxylic acids is 1. The van der Waals surface area contributed by atoms with Crippen LogP contribution in [0.3, 0.4) is 0 Å². The van der Waals surface area contributed by atoms with E-state index in [0.717, 1.165) is 31.0 Å². The van der Waals surface area contributed by atoms with Crippen molar-refractivity contribution in [1.82, 2.24) is 0 Å². The van der Waals surface area contributed by atoms with E-state index in [-0.39, 0.29) is 5.92 Å². The zero-order valence-electron chi connectivity index (χ0n) is 13.2. The van der Waals surface area contributed by atoms with Crippen LogP contribution in [0.1, 0.15) is 90.4 Å². The van der Waals surface area contributed by atoms with Gasteiger partial charge >= 0.3 is 5.97 Å². The second kappa shape index (κ2) is 15.3. The normalized spacial score (nSPS) is 12.5. The summed E-state index contributed by atoms with van der Waals surface area (Å²) in [6.45, 7) is 2.23. The number of aliphatic carboxylic acids is 1. The van der Waals surface area contributed by atoms with E-state index < -0.39 is 5.97 Å². The van der Waals surface area contributed by atoms with E-state index >= 15 is 0 Å². The molecule has 0 saturated carbocycles. The van der Waals surface area contributed by atoms with Gasteiger partial charge in [0.15, 0.2) is 0 Å². The van der Waals surface area contributed by atoms with Crippen molar-refractivity contribution in [2.24, 2.45) is 5.92 Å². The molecular formula is C17H33BrO2. The molecule has 20 heavy (non-hydrogen) atoms. The summed E-state index contributed by atoms with van der Waals surface area (Å²) in [5.41, 5.74) is 0. The highest BCUT2D eigenvalue weighted by Gasteiger charge is 2.16. The van der Waals surface area contributed by atoms with Crippen LogP contribution in [0.25, 0.3) is 0 Å². The Labute approximate surface area is 133 Å². The minimum atomic E-state index is -0.587. The summed E-state index contributed by atoms with van der Waals surface area (Å²) in [5.74, 6) is -0.689. The third kappa shape index (κ3) is 13.0. The molecule has 0 fully saturated rings. The largest absolute Gasteiger partial charge is 0.481 e. The molecule has 2 nitrogen and oxygen atoms in total. The molecule has 0 aliphatic carbocycles. The number of halogens is 1. The van der Waals surface area contributed by atoms with Gasteiger partial charge in [-0.3, -0.25) is 4.79 Å². The first-order valence-electron chi connectivity index (χ1n) is 8.51. The lowest BCUT2D eigenvalue weighted by atomic mass is 9.94. The number of hydrogen-bond donors (Lipinski definition) is 1. The number of alkyl halides is 1. The van der Waals surface area contributed by atoms with Crippen LogP contribution in [0.15, 0.2) is 0 Å². The summed E-state index contributed by atoms with van der Waals surface area (Å²) in [6, 6.07) is 0. The fourth-order valence-corrected chi connectivity index (χ4v) is 2.97. The van der Waals surface area contributed by atoms with Gasteiger partial charge in [-0.15, -0.1) is 0 Å². The monoisotopic (exact) mass is 348 g/mol. The van der Waals surface area contributed by atoms with Gasteiger partial charge in [-0.2, -0.15) is 0 Å². The third-order valence-electron chi connectivity index (χ3n) is 3.94. The number of carboxylic acid groups (broad SMARTS) is 1. The molecule has 0 aromatic rings. The maximum Gasteiger partial charge on any atom is 0.306 e. The fourth-order valence-electron chi connectivity index (χ4n) is 2.58. The SMILES string of the molecule is CCCCCCCCCC(CCCCCCBr)C(=O)O. The molecule has 1 atom stereocenters. The second-order valence-electron chi connectivity index (χ2n) is 5.84. The number of unbranched alkanes of at least 4 members (excludes halogenated alkanes) is 9. The lowest BCUT2D eigenvalue weighted by Crippen LogP contribution is -2.13. The molecule has 3 heteroatoms. The minimum absolute atomic E-state index is 0.102. The Hall–Kier alpha value is -0.0500. The Morgan fingerprint density at radius 2 is 1.30 bits per heavy atom. The quantitative estimate of drug-likeness (QED) is 0.283. The Balaban J connectivity index is 3.52. The van der Waals surface area contributed by atoms with E-state index in [1.807, 2.05) is 0 Å². The molecule has 0 aliphatic heterocycles. The maximum atomic E-state index is 11.2. The van der Waals surface area contributed by atoms with Gasteiger partial charge in [-0.25, -0.2) is 0 Å². The summed E-state index contributed by atoms with van der Waals surface area (Å²) in [6.07, 6.45) is 15.3. The Morgan fingerprint density at radius 1 is 0.850 bits per heavy atom. The van der Waals surface area contributed by atoms with Crippen molar-refractivity contribution >= 4 is 21.9 Å². The van der Waals surface area contributed by atoms with Crippen LogP contribution in [-0.2, 0) is 4.79 Å². The molecule has 0 rings (SSSR count). The van der Waals surface area contributed by atoms with Gasteiger partial charge < -0.3 is 5.11 Å². The zero-order chi connectivity index (χ0) is 15.1. The second-order valence-corrected chi connectivity index (χ2v) is 6.63. The highest BCUT2D eigenvalue weighted by Crippen LogP contribution is 2.19. The molecule has 0 heterocycles. The molecule has 0 aromatic carbocycles. The lowest BCUT2D eigenvalue weighted by Gasteiger charge is -2.12. The number of rotatable bonds is 15. The van der Waals surface area contributed by atoms with Crippen LogP contribution in [0.5, 0.6) is 0 Å². The summed E-state index contributed by atoms with van der Waals surface area (Å²) in [5, 5.41) is 10.3. The molecule has 0 aromatic heterocycles. The van der Waals surface area contributed by atoms with Gasteiger partial charge in [0.1, 0.15) is 0 Å². The molecule has 0 aliphatic rings. The molecule has 0 amide bonds. The van der Waals surface area contributed by atoms with E-state index in [9.17, 15) is 9.90 Å².